The maximum Gasteiger partial charge on any atom is 0.261 e. The fraction of sp³-hybridized carbons (Fsp3) is 0.174. The molecule has 2 N–H and O–H groups in total. The van der Waals surface area contributed by atoms with Crippen LogP contribution in [0.4, 0.5) is 5.69 Å². The SMILES string of the molecule is Cc1ccc(C(C)NC(=O)c2ccc(NS(=O)(=O)c3ccc(C)cc3)c(Cl)c2)cc1. The number of halogens is 1. The van der Waals surface area contributed by atoms with Crippen LogP contribution in [0.25, 0.3) is 0 Å². The van der Waals surface area contributed by atoms with Gasteiger partial charge in [-0.1, -0.05) is 59.1 Å². The average molecular weight is 443 g/mol. The molecule has 3 aromatic rings. The third kappa shape index (κ3) is 5.20. The van der Waals surface area contributed by atoms with Crippen molar-refractivity contribution in [2.75, 3.05) is 4.72 Å². The first-order chi connectivity index (χ1) is 14.2. The molecule has 0 saturated carbocycles. The van der Waals surface area contributed by atoms with E-state index in [4.69, 9.17) is 11.6 Å². The smallest absolute Gasteiger partial charge is 0.261 e. The minimum Gasteiger partial charge on any atom is -0.346 e. The summed E-state index contributed by atoms with van der Waals surface area (Å²) in [4.78, 5) is 12.7. The summed E-state index contributed by atoms with van der Waals surface area (Å²) < 4.78 is 27.6. The molecule has 0 aliphatic rings. The van der Waals surface area contributed by atoms with Gasteiger partial charge in [-0.2, -0.15) is 0 Å². The lowest BCUT2D eigenvalue weighted by Crippen LogP contribution is -2.26. The van der Waals surface area contributed by atoms with Crippen molar-refractivity contribution in [2.24, 2.45) is 0 Å². The summed E-state index contributed by atoms with van der Waals surface area (Å²) in [6, 6.07) is 18.7. The van der Waals surface area contributed by atoms with E-state index in [-0.39, 0.29) is 27.6 Å². The second kappa shape index (κ2) is 8.90. The average Bonchev–Trinajstić information content (AvgIpc) is 2.70. The van der Waals surface area contributed by atoms with Crippen LogP contribution in [0.3, 0.4) is 0 Å². The van der Waals surface area contributed by atoms with Crippen LogP contribution in [0.5, 0.6) is 0 Å². The number of nitrogens with one attached hydrogen (secondary N) is 2. The van der Waals surface area contributed by atoms with Crippen molar-refractivity contribution in [2.45, 2.75) is 31.7 Å². The van der Waals surface area contributed by atoms with E-state index in [0.29, 0.717) is 5.56 Å². The molecule has 0 aromatic heterocycles. The highest BCUT2D eigenvalue weighted by molar-refractivity contribution is 7.92. The van der Waals surface area contributed by atoms with Gasteiger partial charge in [0.25, 0.3) is 15.9 Å². The largest absolute Gasteiger partial charge is 0.346 e. The Morgan fingerprint density at radius 1 is 0.900 bits per heavy atom. The molecule has 0 spiro atoms. The molecule has 0 saturated heterocycles. The predicted octanol–water partition coefficient (Wildman–Crippen LogP) is 5.25. The summed E-state index contributed by atoms with van der Waals surface area (Å²) in [6.07, 6.45) is 0. The summed E-state index contributed by atoms with van der Waals surface area (Å²) in [6.45, 7) is 5.78. The van der Waals surface area contributed by atoms with E-state index in [1.54, 1.807) is 12.1 Å². The molecule has 156 valence electrons. The summed E-state index contributed by atoms with van der Waals surface area (Å²) in [5.74, 6) is -0.294. The first-order valence-electron chi connectivity index (χ1n) is 9.42. The zero-order valence-corrected chi connectivity index (χ0v) is 18.5. The fourth-order valence-corrected chi connectivity index (χ4v) is 4.24. The molecular formula is C23H23ClN2O3S. The third-order valence-corrected chi connectivity index (χ3v) is 6.43. The first-order valence-corrected chi connectivity index (χ1v) is 11.3. The molecule has 0 fully saturated rings. The van der Waals surface area contributed by atoms with E-state index in [0.717, 1.165) is 16.7 Å². The van der Waals surface area contributed by atoms with Crippen molar-refractivity contribution in [3.8, 4) is 0 Å². The van der Waals surface area contributed by atoms with Crippen molar-refractivity contribution >= 4 is 33.2 Å². The number of sulfonamides is 1. The van der Waals surface area contributed by atoms with Gasteiger partial charge in [0.2, 0.25) is 0 Å². The molecule has 0 heterocycles. The topological polar surface area (TPSA) is 75.3 Å². The Hall–Kier alpha value is -2.83. The van der Waals surface area contributed by atoms with Crippen LogP contribution < -0.4 is 10.0 Å². The minimum atomic E-state index is -3.78. The Labute approximate surface area is 182 Å². The van der Waals surface area contributed by atoms with E-state index in [1.165, 1.54) is 30.3 Å². The van der Waals surface area contributed by atoms with Crippen LogP contribution in [-0.4, -0.2) is 14.3 Å². The third-order valence-electron chi connectivity index (χ3n) is 4.73. The van der Waals surface area contributed by atoms with Gasteiger partial charge >= 0.3 is 0 Å². The van der Waals surface area contributed by atoms with Gasteiger partial charge in [0.1, 0.15) is 0 Å². The van der Waals surface area contributed by atoms with E-state index in [9.17, 15) is 13.2 Å². The molecule has 1 unspecified atom stereocenters. The van der Waals surface area contributed by atoms with Crippen LogP contribution >= 0.6 is 11.6 Å². The summed E-state index contributed by atoms with van der Waals surface area (Å²) in [7, 11) is -3.78. The Morgan fingerprint density at radius 2 is 1.47 bits per heavy atom. The molecule has 7 heteroatoms. The summed E-state index contributed by atoms with van der Waals surface area (Å²) in [5.41, 5.74) is 3.65. The number of rotatable bonds is 6. The molecule has 5 nitrogen and oxygen atoms in total. The lowest BCUT2D eigenvalue weighted by Gasteiger charge is -2.15. The van der Waals surface area contributed by atoms with Gasteiger partial charge < -0.3 is 5.32 Å². The Morgan fingerprint density at radius 3 is 2.03 bits per heavy atom. The number of carbonyl (C=O) groups is 1. The molecule has 3 aromatic carbocycles. The number of carbonyl (C=O) groups excluding carboxylic acids is 1. The zero-order valence-electron chi connectivity index (χ0n) is 16.9. The van der Waals surface area contributed by atoms with Gasteiger partial charge in [0.15, 0.2) is 0 Å². The molecule has 0 aliphatic heterocycles. The van der Waals surface area contributed by atoms with Gasteiger partial charge in [0.05, 0.1) is 21.6 Å². The van der Waals surface area contributed by atoms with Crippen LogP contribution in [0.15, 0.2) is 71.6 Å². The van der Waals surface area contributed by atoms with E-state index in [2.05, 4.69) is 10.0 Å². The maximum absolute atomic E-state index is 12.6. The van der Waals surface area contributed by atoms with Gasteiger partial charge in [0, 0.05) is 5.56 Å². The summed E-state index contributed by atoms with van der Waals surface area (Å²) >= 11 is 6.26. The van der Waals surface area contributed by atoms with Crippen molar-refractivity contribution in [3.63, 3.8) is 0 Å². The number of benzene rings is 3. The lowest BCUT2D eigenvalue weighted by molar-refractivity contribution is 0.0940. The second-order valence-electron chi connectivity index (χ2n) is 7.22. The first kappa shape index (κ1) is 21.9. The van der Waals surface area contributed by atoms with Crippen molar-refractivity contribution in [1.82, 2.24) is 5.32 Å². The Kier molecular flexibility index (Phi) is 6.48. The number of hydrogen-bond donors (Lipinski definition) is 2. The molecule has 0 aliphatic carbocycles. The van der Waals surface area contributed by atoms with Crippen LogP contribution in [0.2, 0.25) is 5.02 Å². The number of anilines is 1. The highest BCUT2D eigenvalue weighted by Crippen LogP contribution is 2.26. The normalized spacial score (nSPS) is 12.3. The summed E-state index contributed by atoms with van der Waals surface area (Å²) in [5, 5.41) is 3.06. The van der Waals surface area contributed by atoms with E-state index >= 15 is 0 Å². The van der Waals surface area contributed by atoms with E-state index < -0.39 is 10.0 Å². The second-order valence-corrected chi connectivity index (χ2v) is 9.31. The van der Waals surface area contributed by atoms with Crippen LogP contribution in [0, 0.1) is 13.8 Å². The molecule has 0 radical (unpaired) electrons. The fourth-order valence-electron chi connectivity index (χ4n) is 2.88. The van der Waals surface area contributed by atoms with Crippen molar-refractivity contribution in [1.29, 1.82) is 0 Å². The lowest BCUT2D eigenvalue weighted by atomic mass is 10.1. The molecule has 30 heavy (non-hydrogen) atoms. The van der Waals surface area contributed by atoms with E-state index in [1.807, 2.05) is 45.0 Å². The van der Waals surface area contributed by atoms with Crippen LogP contribution in [-0.2, 0) is 10.0 Å². The molecule has 1 amide bonds. The van der Waals surface area contributed by atoms with Crippen molar-refractivity contribution < 1.29 is 13.2 Å². The molecule has 3 rings (SSSR count). The minimum absolute atomic E-state index is 0.137. The number of aryl methyl sites for hydroxylation is 2. The molecule has 1 atom stereocenters. The Balaban J connectivity index is 1.73. The standard InChI is InChI=1S/C23H23ClN2O3S/c1-15-4-8-18(9-5-15)17(3)25-23(27)19-10-13-22(21(24)14-19)26-30(28,29)20-11-6-16(2)7-12-20/h4-14,17,26H,1-3H3,(H,25,27). The van der Waals surface area contributed by atoms with Gasteiger partial charge in [-0.05, 0) is 56.7 Å². The highest BCUT2D eigenvalue weighted by Gasteiger charge is 2.17. The van der Waals surface area contributed by atoms with Gasteiger partial charge in [-0.15, -0.1) is 0 Å². The van der Waals surface area contributed by atoms with Crippen molar-refractivity contribution in [3.05, 3.63) is 94.0 Å². The number of amides is 1. The zero-order chi connectivity index (χ0) is 21.9. The Bertz CT molecular complexity index is 1160. The van der Waals surface area contributed by atoms with Crippen LogP contribution in [0.1, 0.15) is 40.0 Å². The monoisotopic (exact) mass is 442 g/mol. The number of hydrogen-bond acceptors (Lipinski definition) is 3. The maximum atomic E-state index is 12.6. The molecule has 0 bridgehead atoms. The highest BCUT2D eigenvalue weighted by atomic mass is 35.5. The van der Waals surface area contributed by atoms with Gasteiger partial charge in [-0.3, -0.25) is 9.52 Å². The molecular weight excluding hydrogens is 420 g/mol. The predicted molar refractivity (Wildman–Crippen MR) is 120 cm³/mol. The van der Waals surface area contributed by atoms with Gasteiger partial charge in [-0.25, -0.2) is 8.42 Å². The quantitative estimate of drug-likeness (QED) is 0.547.